The zero-order valence-electron chi connectivity index (χ0n) is 17.1. The van der Waals surface area contributed by atoms with Gasteiger partial charge in [0.25, 0.3) is 5.91 Å². The van der Waals surface area contributed by atoms with E-state index in [-0.39, 0.29) is 23.5 Å². The average molecular weight is 434 g/mol. The summed E-state index contributed by atoms with van der Waals surface area (Å²) < 4.78 is 40.6. The molecule has 0 aliphatic carbocycles. The zero-order valence-corrected chi connectivity index (χ0v) is 17.9. The number of sulfonamides is 1. The number of rotatable bonds is 7. The third kappa shape index (κ3) is 4.65. The lowest BCUT2D eigenvalue weighted by molar-refractivity contribution is 0.0930. The number of hydrogen-bond acceptors (Lipinski definition) is 4. The highest BCUT2D eigenvalue weighted by molar-refractivity contribution is 7.89. The highest BCUT2D eigenvalue weighted by Gasteiger charge is 2.39. The Balaban J connectivity index is 1.81. The monoisotopic (exact) mass is 433 g/mol. The Kier molecular flexibility index (Phi) is 6.77. The molecule has 1 saturated heterocycles. The molecule has 30 heavy (non-hydrogen) atoms. The van der Waals surface area contributed by atoms with Gasteiger partial charge in [0.2, 0.25) is 10.0 Å². The first-order valence-corrected chi connectivity index (χ1v) is 11.8. The number of amides is 1. The number of nitrogens with zero attached hydrogens (tertiary/aromatic N) is 1. The average Bonchev–Trinajstić information content (AvgIpc) is 2.73. The number of nitrogen functional groups attached to an aromatic ring is 1. The minimum absolute atomic E-state index is 0.0849. The quantitative estimate of drug-likeness (QED) is 0.657. The summed E-state index contributed by atoms with van der Waals surface area (Å²) in [5.41, 5.74) is 6.31. The molecule has 0 atom stereocenters. The SMILES string of the molecule is CCCS(=O)(=O)N1CCC(CNC(=O)c2c(N)cccc2F)(c2ccccc2)CC1. The molecule has 2 aromatic carbocycles. The molecule has 1 fully saturated rings. The van der Waals surface area contributed by atoms with Crippen molar-refractivity contribution in [3.63, 3.8) is 0 Å². The number of halogens is 1. The predicted molar refractivity (Wildman–Crippen MR) is 116 cm³/mol. The van der Waals surface area contributed by atoms with Gasteiger partial charge in [-0.25, -0.2) is 17.1 Å². The molecular weight excluding hydrogens is 405 g/mol. The molecule has 2 aromatic rings. The second kappa shape index (κ2) is 9.14. The number of anilines is 1. The van der Waals surface area contributed by atoms with Crippen molar-refractivity contribution in [1.82, 2.24) is 9.62 Å². The molecule has 6 nitrogen and oxygen atoms in total. The molecule has 0 unspecified atom stereocenters. The number of benzene rings is 2. The summed E-state index contributed by atoms with van der Waals surface area (Å²) in [5, 5.41) is 2.84. The number of piperidine rings is 1. The van der Waals surface area contributed by atoms with Crippen molar-refractivity contribution in [2.45, 2.75) is 31.6 Å². The first-order valence-electron chi connectivity index (χ1n) is 10.1. The third-order valence-corrected chi connectivity index (χ3v) is 7.86. The number of carbonyl (C=O) groups excluding carboxylic acids is 1. The van der Waals surface area contributed by atoms with Gasteiger partial charge < -0.3 is 11.1 Å². The lowest BCUT2D eigenvalue weighted by atomic mass is 9.73. The molecule has 8 heteroatoms. The van der Waals surface area contributed by atoms with Gasteiger partial charge in [-0.05, 0) is 37.0 Å². The van der Waals surface area contributed by atoms with E-state index in [1.54, 1.807) is 0 Å². The van der Waals surface area contributed by atoms with Gasteiger partial charge in [-0.2, -0.15) is 0 Å². The fourth-order valence-corrected chi connectivity index (χ4v) is 5.57. The summed E-state index contributed by atoms with van der Waals surface area (Å²) in [6, 6.07) is 13.9. The standard InChI is InChI=1S/C22H28FN3O3S/c1-2-15-30(28,29)26-13-11-22(12-14-26,17-7-4-3-5-8-17)16-25-21(27)20-18(23)9-6-10-19(20)24/h3-10H,2,11-16,24H2,1H3,(H,25,27). The van der Waals surface area contributed by atoms with Crippen LogP contribution >= 0.6 is 0 Å². The van der Waals surface area contributed by atoms with Crippen molar-refractivity contribution < 1.29 is 17.6 Å². The summed E-state index contributed by atoms with van der Waals surface area (Å²) in [7, 11) is -3.27. The van der Waals surface area contributed by atoms with Gasteiger partial charge in [-0.1, -0.05) is 43.3 Å². The van der Waals surface area contributed by atoms with E-state index in [0.717, 1.165) is 5.56 Å². The van der Waals surface area contributed by atoms with E-state index in [4.69, 9.17) is 5.73 Å². The molecule has 1 aliphatic rings. The van der Waals surface area contributed by atoms with E-state index in [2.05, 4.69) is 5.32 Å². The van der Waals surface area contributed by atoms with Gasteiger partial charge in [0.05, 0.1) is 11.3 Å². The minimum atomic E-state index is -3.27. The predicted octanol–water partition coefficient (Wildman–Crippen LogP) is 2.91. The summed E-state index contributed by atoms with van der Waals surface area (Å²) in [6.07, 6.45) is 1.70. The molecule has 0 radical (unpaired) electrons. The van der Waals surface area contributed by atoms with Crippen molar-refractivity contribution in [1.29, 1.82) is 0 Å². The van der Waals surface area contributed by atoms with Crippen LogP contribution in [0.3, 0.4) is 0 Å². The molecular formula is C22H28FN3O3S. The van der Waals surface area contributed by atoms with Gasteiger partial charge in [-0.3, -0.25) is 4.79 Å². The first kappa shape index (κ1) is 22.2. The Morgan fingerprint density at radius 3 is 2.40 bits per heavy atom. The molecule has 3 rings (SSSR count). The Morgan fingerprint density at radius 1 is 1.13 bits per heavy atom. The van der Waals surface area contributed by atoms with Gasteiger partial charge in [0, 0.05) is 30.7 Å². The number of nitrogens with one attached hydrogen (secondary N) is 1. The van der Waals surface area contributed by atoms with Crippen molar-refractivity contribution >= 4 is 21.6 Å². The highest BCUT2D eigenvalue weighted by atomic mass is 32.2. The maximum absolute atomic E-state index is 14.1. The second-order valence-electron chi connectivity index (χ2n) is 7.75. The van der Waals surface area contributed by atoms with Gasteiger partial charge in [0.15, 0.2) is 0 Å². The molecule has 1 heterocycles. The van der Waals surface area contributed by atoms with E-state index in [1.807, 2.05) is 37.3 Å². The molecule has 162 valence electrons. The van der Waals surface area contributed by atoms with Crippen LogP contribution in [0.5, 0.6) is 0 Å². The molecule has 1 aliphatic heterocycles. The van der Waals surface area contributed by atoms with E-state index in [9.17, 15) is 17.6 Å². The fraction of sp³-hybridized carbons (Fsp3) is 0.409. The maximum atomic E-state index is 14.1. The third-order valence-electron chi connectivity index (χ3n) is 5.78. The lowest BCUT2D eigenvalue weighted by Crippen LogP contribution is -2.50. The van der Waals surface area contributed by atoms with Gasteiger partial charge >= 0.3 is 0 Å². The fourth-order valence-electron chi connectivity index (χ4n) is 4.06. The Morgan fingerprint density at radius 2 is 1.80 bits per heavy atom. The normalized spacial score (nSPS) is 16.9. The van der Waals surface area contributed by atoms with Gasteiger partial charge in [0.1, 0.15) is 5.82 Å². The van der Waals surface area contributed by atoms with Gasteiger partial charge in [-0.15, -0.1) is 0 Å². The summed E-state index contributed by atoms with van der Waals surface area (Å²) in [6.45, 7) is 2.88. The summed E-state index contributed by atoms with van der Waals surface area (Å²) in [5.74, 6) is -1.10. The van der Waals surface area contributed by atoms with E-state index in [0.29, 0.717) is 32.4 Å². The van der Waals surface area contributed by atoms with E-state index < -0.39 is 27.2 Å². The minimum Gasteiger partial charge on any atom is -0.398 e. The Bertz CT molecular complexity index is 968. The Hall–Kier alpha value is -2.45. The summed E-state index contributed by atoms with van der Waals surface area (Å²) in [4.78, 5) is 12.7. The first-order chi connectivity index (χ1) is 14.3. The number of carbonyl (C=O) groups is 1. The van der Waals surface area contributed by atoms with E-state index >= 15 is 0 Å². The van der Waals surface area contributed by atoms with Crippen LogP contribution < -0.4 is 11.1 Å². The van der Waals surface area contributed by atoms with Crippen molar-refractivity contribution in [3.05, 3.63) is 65.5 Å². The van der Waals surface area contributed by atoms with Crippen molar-refractivity contribution in [3.8, 4) is 0 Å². The molecule has 0 aromatic heterocycles. The molecule has 1 amide bonds. The molecule has 3 N–H and O–H groups in total. The van der Waals surface area contributed by atoms with Crippen LogP contribution in [0.25, 0.3) is 0 Å². The molecule has 0 saturated carbocycles. The van der Waals surface area contributed by atoms with Crippen molar-refractivity contribution in [2.24, 2.45) is 0 Å². The van der Waals surface area contributed by atoms with E-state index in [1.165, 1.54) is 22.5 Å². The molecule has 0 spiro atoms. The second-order valence-corrected chi connectivity index (χ2v) is 9.84. The van der Waals surface area contributed by atoms with Crippen LogP contribution in [0.2, 0.25) is 0 Å². The summed E-state index contributed by atoms with van der Waals surface area (Å²) >= 11 is 0. The zero-order chi connectivity index (χ0) is 21.8. The van der Waals surface area contributed by atoms with Crippen molar-refractivity contribution in [2.75, 3.05) is 31.1 Å². The lowest BCUT2D eigenvalue weighted by Gasteiger charge is -2.42. The van der Waals surface area contributed by atoms with Crippen LogP contribution in [0.15, 0.2) is 48.5 Å². The van der Waals surface area contributed by atoms with Crippen LogP contribution in [0.4, 0.5) is 10.1 Å². The number of nitrogens with two attached hydrogens (primary N) is 1. The largest absolute Gasteiger partial charge is 0.398 e. The van der Waals surface area contributed by atoms with Crippen LogP contribution in [0, 0.1) is 5.82 Å². The number of hydrogen-bond donors (Lipinski definition) is 2. The molecule has 0 bridgehead atoms. The highest BCUT2D eigenvalue weighted by Crippen LogP contribution is 2.36. The van der Waals surface area contributed by atoms with Crippen LogP contribution in [0.1, 0.15) is 42.1 Å². The maximum Gasteiger partial charge on any atom is 0.256 e. The topological polar surface area (TPSA) is 92.5 Å². The van der Waals surface area contributed by atoms with Crippen LogP contribution in [-0.2, 0) is 15.4 Å². The smallest absolute Gasteiger partial charge is 0.256 e. The van der Waals surface area contributed by atoms with Crippen LogP contribution in [-0.4, -0.2) is 44.0 Å². The Labute approximate surface area is 177 Å².